The second-order valence-corrected chi connectivity index (χ2v) is 8.54. The molecule has 3 aliphatic rings. The number of benzene rings is 2. The van der Waals surface area contributed by atoms with Gasteiger partial charge in [-0.1, -0.05) is 55.3 Å². The van der Waals surface area contributed by atoms with Gasteiger partial charge in [-0.25, -0.2) is 4.79 Å². The molecule has 3 unspecified atom stereocenters. The van der Waals surface area contributed by atoms with Gasteiger partial charge in [0.05, 0.1) is 19.6 Å². The number of hydrazine groups is 1. The van der Waals surface area contributed by atoms with Crippen LogP contribution in [-0.4, -0.2) is 46.2 Å². The van der Waals surface area contributed by atoms with Crippen LogP contribution in [0.25, 0.3) is 0 Å². The Morgan fingerprint density at radius 2 is 1.74 bits per heavy atom. The minimum atomic E-state index is -0.454. The number of ether oxygens (including phenoxy) is 1. The first-order valence-electron chi connectivity index (χ1n) is 11.0. The molecule has 2 heterocycles. The summed E-state index contributed by atoms with van der Waals surface area (Å²) >= 11 is 0. The van der Waals surface area contributed by atoms with Gasteiger partial charge in [-0.3, -0.25) is 14.7 Å². The van der Waals surface area contributed by atoms with Crippen LogP contribution in [0, 0.1) is 5.92 Å². The van der Waals surface area contributed by atoms with Crippen molar-refractivity contribution in [3.8, 4) is 5.75 Å². The molecule has 31 heavy (non-hydrogen) atoms. The van der Waals surface area contributed by atoms with E-state index in [1.807, 2.05) is 64.4 Å². The summed E-state index contributed by atoms with van der Waals surface area (Å²) in [5, 5.41) is 1.64. The Labute approximate surface area is 182 Å². The zero-order valence-corrected chi connectivity index (χ0v) is 17.7. The maximum atomic E-state index is 13.5. The second-order valence-electron chi connectivity index (χ2n) is 8.54. The molecule has 1 N–H and O–H groups in total. The van der Waals surface area contributed by atoms with E-state index in [-0.39, 0.29) is 23.9 Å². The van der Waals surface area contributed by atoms with E-state index in [2.05, 4.69) is 5.43 Å². The number of amides is 3. The molecule has 7 nitrogen and oxygen atoms in total. The highest BCUT2D eigenvalue weighted by atomic mass is 16.5. The number of carbonyl (C=O) groups excluding carboxylic acids is 2. The summed E-state index contributed by atoms with van der Waals surface area (Å²) < 4.78 is 5.32. The third kappa shape index (κ3) is 3.63. The van der Waals surface area contributed by atoms with Crippen molar-refractivity contribution in [1.29, 1.82) is 0 Å². The molecule has 0 radical (unpaired) electrons. The molecule has 3 atom stereocenters. The van der Waals surface area contributed by atoms with Gasteiger partial charge in [-0.05, 0) is 36.1 Å². The quantitative estimate of drug-likeness (QED) is 0.806. The fourth-order valence-electron chi connectivity index (χ4n) is 5.12. The van der Waals surface area contributed by atoms with Crippen LogP contribution in [0.4, 0.5) is 4.79 Å². The summed E-state index contributed by atoms with van der Waals surface area (Å²) in [5.74, 6) is 0.796. The highest BCUT2D eigenvalue weighted by Crippen LogP contribution is 2.39. The second kappa shape index (κ2) is 8.23. The maximum absolute atomic E-state index is 13.5. The van der Waals surface area contributed by atoms with Gasteiger partial charge >= 0.3 is 6.03 Å². The van der Waals surface area contributed by atoms with Gasteiger partial charge in [0.1, 0.15) is 5.75 Å². The average molecular weight is 421 g/mol. The predicted octanol–water partition coefficient (Wildman–Crippen LogP) is 3.32. The van der Waals surface area contributed by atoms with Crippen molar-refractivity contribution in [3.63, 3.8) is 0 Å². The molecule has 0 aromatic heterocycles. The van der Waals surface area contributed by atoms with Gasteiger partial charge in [-0.15, -0.1) is 0 Å². The van der Waals surface area contributed by atoms with E-state index in [1.165, 1.54) is 0 Å². The van der Waals surface area contributed by atoms with E-state index in [0.717, 1.165) is 42.6 Å². The van der Waals surface area contributed by atoms with Gasteiger partial charge in [0, 0.05) is 12.6 Å². The summed E-state index contributed by atoms with van der Waals surface area (Å²) in [4.78, 5) is 30.7. The van der Waals surface area contributed by atoms with Crippen LogP contribution in [0.3, 0.4) is 0 Å². The lowest BCUT2D eigenvalue weighted by Crippen LogP contribution is -2.65. The molecule has 3 amide bonds. The van der Waals surface area contributed by atoms with Crippen LogP contribution < -0.4 is 10.2 Å². The smallest absolute Gasteiger partial charge is 0.337 e. The lowest BCUT2D eigenvalue weighted by atomic mass is 9.81. The summed E-state index contributed by atoms with van der Waals surface area (Å²) in [5.41, 5.74) is 5.37. The van der Waals surface area contributed by atoms with Crippen molar-refractivity contribution in [1.82, 2.24) is 20.2 Å². The van der Waals surface area contributed by atoms with Gasteiger partial charge in [0.25, 0.3) is 0 Å². The highest BCUT2D eigenvalue weighted by Gasteiger charge is 2.54. The van der Waals surface area contributed by atoms with Crippen molar-refractivity contribution in [2.45, 2.75) is 51.1 Å². The number of fused-ring (bicyclic) bond motifs is 3. The number of nitrogens with zero attached hydrogens (tertiary/aromatic N) is 3. The molecular weight excluding hydrogens is 392 g/mol. The number of rotatable bonds is 5. The molecule has 1 saturated carbocycles. The van der Waals surface area contributed by atoms with Crippen LogP contribution in [0.2, 0.25) is 0 Å². The van der Waals surface area contributed by atoms with E-state index in [9.17, 15) is 9.59 Å². The normalized spacial score (nSPS) is 25.5. The first-order valence-corrected chi connectivity index (χ1v) is 11.0. The monoisotopic (exact) mass is 420 g/mol. The number of urea groups is 1. The molecule has 162 valence electrons. The van der Waals surface area contributed by atoms with Crippen LogP contribution in [-0.2, 0) is 17.9 Å². The first kappa shape index (κ1) is 19.9. The Bertz CT molecular complexity index is 966. The van der Waals surface area contributed by atoms with Crippen LogP contribution in [0.1, 0.15) is 36.8 Å². The summed E-state index contributed by atoms with van der Waals surface area (Å²) in [6.45, 7) is 0.894. The molecule has 0 spiro atoms. The van der Waals surface area contributed by atoms with E-state index < -0.39 is 6.29 Å². The Morgan fingerprint density at radius 3 is 2.55 bits per heavy atom. The molecule has 2 aromatic rings. The molecule has 0 bridgehead atoms. The van der Waals surface area contributed by atoms with Crippen LogP contribution in [0.5, 0.6) is 5.75 Å². The SMILES string of the molecule is COc1cccc(CN2NC3N(Cc4ccccc4)C(=O)C4CCCCC4N3C2=O)c1. The molecule has 1 aliphatic carbocycles. The van der Waals surface area contributed by atoms with E-state index >= 15 is 0 Å². The van der Waals surface area contributed by atoms with E-state index in [0.29, 0.717) is 13.1 Å². The fourth-order valence-corrected chi connectivity index (χ4v) is 5.12. The Morgan fingerprint density at radius 1 is 0.968 bits per heavy atom. The molecule has 7 heteroatoms. The third-order valence-electron chi connectivity index (χ3n) is 6.64. The van der Waals surface area contributed by atoms with Gasteiger partial charge in [-0.2, -0.15) is 5.43 Å². The van der Waals surface area contributed by atoms with Crippen molar-refractivity contribution in [2.75, 3.05) is 7.11 Å². The zero-order chi connectivity index (χ0) is 21.4. The molecule has 5 rings (SSSR count). The molecule has 2 saturated heterocycles. The minimum absolute atomic E-state index is 0.0337. The zero-order valence-electron chi connectivity index (χ0n) is 17.7. The van der Waals surface area contributed by atoms with Gasteiger partial charge in [0.15, 0.2) is 6.29 Å². The van der Waals surface area contributed by atoms with Crippen molar-refractivity contribution < 1.29 is 14.3 Å². The lowest BCUT2D eigenvalue weighted by molar-refractivity contribution is -0.157. The number of nitrogens with one attached hydrogen (secondary N) is 1. The summed E-state index contributed by atoms with van der Waals surface area (Å²) in [7, 11) is 1.63. The highest BCUT2D eigenvalue weighted by molar-refractivity contribution is 5.85. The number of hydrogen-bond acceptors (Lipinski definition) is 4. The number of carbonyl (C=O) groups is 2. The van der Waals surface area contributed by atoms with Crippen molar-refractivity contribution in [2.24, 2.45) is 5.92 Å². The Kier molecular flexibility index (Phi) is 5.28. The van der Waals surface area contributed by atoms with E-state index in [1.54, 1.807) is 12.1 Å². The van der Waals surface area contributed by atoms with Crippen molar-refractivity contribution in [3.05, 3.63) is 65.7 Å². The van der Waals surface area contributed by atoms with E-state index in [4.69, 9.17) is 4.74 Å². The molecule has 2 aromatic carbocycles. The molecular formula is C24H28N4O3. The molecule has 2 aliphatic heterocycles. The fraction of sp³-hybridized carbons (Fsp3) is 0.417. The van der Waals surface area contributed by atoms with Crippen LogP contribution in [0.15, 0.2) is 54.6 Å². The van der Waals surface area contributed by atoms with Crippen molar-refractivity contribution >= 4 is 11.9 Å². The van der Waals surface area contributed by atoms with Crippen LogP contribution >= 0.6 is 0 Å². The largest absolute Gasteiger partial charge is 0.497 e. The standard InChI is InChI=1S/C24H28N4O3/c1-31-19-11-7-10-18(14-19)16-27-24(30)28-21-13-6-5-12-20(21)22(29)26(23(28)25-27)15-17-8-3-2-4-9-17/h2-4,7-11,14,20-21,23,25H,5-6,12-13,15-16H2,1H3. The summed E-state index contributed by atoms with van der Waals surface area (Å²) in [6, 6.07) is 17.6. The number of methoxy groups -OCH3 is 1. The van der Waals surface area contributed by atoms with Gasteiger partial charge in [0.2, 0.25) is 5.91 Å². The maximum Gasteiger partial charge on any atom is 0.337 e. The Balaban J connectivity index is 1.44. The Hall–Kier alpha value is -3.06. The number of hydrogen-bond donors (Lipinski definition) is 1. The lowest BCUT2D eigenvalue weighted by Gasteiger charge is -2.48. The summed E-state index contributed by atoms with van der Waals surface area (Å²) in [6.07, 6.45) is 3.37. The topological polar surface area (TPSA) is 65.1 Å². The average Bonchev–Trinajstić information content (AvgIpc) is 3.13. The first-order chi connectivity index (χ1) is 15.2. The molecule has 3 fully saturated rings. The van der Waals surface area contributed by atoms with Gasteiger partial charge < -0.3 is 9.64 Å². The third-order valence-corrected chi connectivity index (χ3v) is 6.64. The predicted molar refractivity (Wildman–Crippen MR) is 115 cm³/mol. The minimum Gasteiger partial charge on any atom is -0.497 e.